The highest BCUT2D eigenvalue weighted by molar-refractivity contribution is 5.84. The molecule has 0 atom stereocenters. The average molecular weight is 270 g/mol. The zero-order chi connectivity index (χ0) is 14.1. The van der Waals surface area contributed by atoms with Crippen LogP contribution in [0.15, 0.2) is 47.5 Å². The Hall–Kier alpha value is -2.69. The van der Waals surface area contributed by atoms with E-state index in [4.69, 9.17) is 4.74 Å². The van der Waals surface area contributed by atoms with Crippen molar-refractivity contribution >= 4 is 10.9 Å². The summed E-state index contributed by atoms with van der Waals surface area (Å²) in [6.45, 7) is 0. The molecule has 0 unspecified atom stereocenters. The monoisotopic (exact) mass is 270 g/mol. The lowest BCUT2D eigenvalue weighted by molar-refractivity contribution is 0.415. The number of H-pyrrole nitrogens is 1. The molecule has 0 bridgehead atoms. The smallest absolute Gasteiger partial charge is 0.258 e. The number of hydrogen-bond donors (Lipinski definition) is 1. The molecule has 3 rings (SSSR count). The van der Waals surface area contributed by atoms with Gasteiger partial charge in [-0.2, -0.15) is 0 Å². The predicted molar refractivity (Wildman–Crippen MR) is 74.3 cm³/mol. The fourth-order valence-corrected chi connectivity index (χ4v) is 2.14. The van der Waals surface area contributed by atoms with Gasteiger partial charge in [-0.05, 0) is 35.9 Å². The molecule has 0 saturated carbocycles. The minimum atomic E-state index is -0.347. The van der Waals surface area contributed by atoms with E-state index in [-0.39, 0.29) is 11.4 Å². The molecule has 1 aromatic heterocycles. The number of rotatable bonds is 2. The Morgan fingerprint density at radius 1 is 1.20 bits per heavy atom. The van der Waals surface area contributed by atoms with E-state index in [1.165, 1.54) is 25.6 Å². The van der Waals surface area contributed by atoms with Gasteiger partial charge in [-0.15, -0.1) is 0 Å². The molecule has 0 fully saturated rings. The van der Waals surface area contributed by atoms with Gasteiger partial charge in [0.1, 0.15) is 11.6 Å². The van der Waals surface area contributed by atoms with Crippen molar-refractivity contribution in [1.29, 1.82) is 0 Å². The highest BCUT2D eigenvalue weighted by Gasteiger charge is 2.09. The number of fused-ring (bicyclic) bond motifs is 1. The topological polar surface area (TPSA) is 55.0 Å². The van der Waals surface area contributed by atoms with Crippen LogP contribution >= 0.6 is 0 Å². The average Bonchev–Trinajstić information content (AvgIpc) is 2.47. The van der Waals surface area contributed by atoms with Gasteiger partial charge in [0.15, 0.2) is 0 Å². The van der Waals surface area contributed by atoms with Crippen molar-refractivity contribution in [3.8, 4) is 16.9 Å². The van der Waals surface area contributed by atoms with Gasteiger partial charge in [0.25, 0.3) is 5.56 Å². The Morgan fingerprint density at radius 2 is 2.05 bits per heavy atom. The highest BCUT2D eigenvalue weighted by Crippen LogP contribution is 2.31. The summed E-state index contributed by atoms with van der Waals surface area (Å²) in [6.07, 6.45) is 1.34. The Morgan fingerprint density at radius 3 is 2.85 bits per heavy atom. The summed E-state index contributed by atoms with van der Waals surface area (Å²) in [7, 11) is 1.53. The Kier molecular flexibility index (Phi) is 2.95. The van der Waals surface area contributed by atoms with E-state index >= 15 is 0 Å². The normalized spacial score (nSPS) is 10.7. The molecule has 1 N–H and O–H groups in total. The first-order valence-electron chi connectivity index (χ1n) is 6.00. The molecule has 0 amide bonds. The van der Waals surface area contributed by atoms with Crippen LogP contribution < -0.4 is 10.3 Å². The molecule has 0 spiro atoms. The number of hydrogen-bond acceptors (Lipinski definition) is 3. The van der Waals surface area contributed by atoms with Gasteiger partial charge in [0, 0.05) is 5.56 Å². The van der Waals surface area contributed by atoms with Gasteiger partial charge in [0.05, 0.1) is 24.3 Å². The van der Waals surface area contributed by atoms with Gasteiger partial charge in [-0.25, -0.2) is 9.37 Å². The van der Waals surface area contributed by atoms with Crippen molar-refractivity contribution < 1.29 is 9.13 Å². The van der Waals surface area contributed by atoms with Crippen LogP contribution in [0.5, 0.6) is 5.75 Å². The maximum absolute atomic E-state index is 13.4. The van der Waals surface area contributed by atoms with E-state index < -0.39 is 0 Å². The molecule has 0 aliphatic heterocycles. The van der Waals surface area contributed by atoms with Crippen LogP contribution in [0.25, 0.3) is 22.0 Å². The van der Waals surface area contributed by atoms with E-state index in [0.717, 1.165) is 5.56 Å². The van der Waals surface area contributed by atoms with Gasteiger partial charge in [-0.3, -0.25) is 4.79 Å². The molecule has 0 radical (unpaired) electrons. The molecule has 2 aromatic carbocycles. The molecule has 0 aliphatic rings. The predicted octanol–water partition coefficient (Wildman–Crippen LogP) is 2.74. The van der Waals surface area contributed by atoms with Crippen molar-refractivity contribution in [2.24, 2.45) is 0 Å². The van der Waals surface area contributed by atoms with Crippen LogP contribution in [0.2, 0.25) is 0 Å². The minimum Gasteiger partial charge on any atom is -0.496 e. The first-order chi connectivity index (χ1) is 9.69. The third kappa shape index (κ3) is 2.03. The Labute approximate surface area is 113 Å². The van der Waals surface area contributed by atoms with Gasteiger partial charge in [0.2, 0.25) is 0 Å². The molecule has 20 heavy (non-hydrogen) atoms. The highest BCUT2D eigenvalue weighted by atomic mass is 19.1. The van der Waals surface area contributed by atoms with Crippen molar-refractivity contribution in [3.63, 3.8) is 0 Å². The number of aromatic amines is 1. The lowest BCUT2D eigenvalue weighted by atomic mass is 10.0. The lowest BCUT2D eigenvalue weighted by Crippen LogP contribution is -2.05. The fraction of sp³-hybridized carbons (Fsp3) is 0.0667. The molecule has 3 aromatic rings. The molecular weight excluding hydrogens is 259 g/mol. The van der Waals surface area contributed by atoms with Crippen molar-refractivity contribution in [3.05, 3.63) is 58.9 Å². The van der Waals surface area contributed by atoms with Crippen LogP contribution in [0.4, 0.5) is 4.39 Å². The fourth-order valence-electron chi connectivity index (χ4n) is 2.14. The number of nitrogens with zero attached hydrogens (tertiary/aromatic N) is 1. The summed E-state index contributed by atoms with van der Waals surface area (Å²) in [4.78, 5) is 18.3. The SMILES string of the molecule is COc1ccc(F)cc1-c1ccc2c(=O)[nH]cnc2c1. The second kappa shape index (κ2) is 4.77. The van der Waals surface area contributed by atoms with Gasteiger partial charge < -0.3 is 9.72 Å². The number of methoxy groups -OCH3 is 1. The van der Waals surface area contributed by atoms with Gasteiger partial charge in [-0.1, -0.05) is 6.07 Å². The molecule has 0 aliphatic carbocycles. The third-order valence-electron chi connectivity index (χ3n) is 3.11. The molecule has 0 saturated heterocycles. The number of benzene rings is 2. The van der Waals surface area contributed by atoms with Gasteiger partial charge >= 0.3 is 0 Å². The van der Waals surface area contributed by atoms with E-state index in [2.05, 4.69) is 9.97 Å². The largest absolute Gasteiger partial charge is 0.496 e. The Bertz CT molecular complexity index is 843. The van der Waals surface area contributed by atoms with Crippen molar-refractivity contribution in [1.82, 2.24) is 9.97 Å². The van der Waals surface area contributed by atoms with E-state index in [1.54, 1.807) is 24.3 Å². The number of aromatic nitrogens is 2. The number of halogens is 1. The standard InChI is InChI=1S/C15H11FN2O2/c1-20-14-5-3-10(16)7-12(14)9-2-4-11-13(6-9)17-8-18-15(11)19/h2-8H,1H3,(H,17,18,19). The summed E-state index contributed by atoms with van der Waals surface area (Å²) in [6, 6.07) is 9.46. The third-order valence-corrected chi connectivity index (χ3v) is 3.11. The molecule has 100 valence electrons. The molecule has 1 heterocycles. The van der Waals surface area contributed by atoms with E-state index in [0.29, 0.717) is 22.2 Å². The summed E-state index contributed by atoms with van der Waals surface area (Å²) in [5, 5.41) is 0.492. The van der Waals surface area contributed by atoms with Crippen LogP contribution in [-0.4, -0.2) is 17.1 Å². The number of ether oxygens (including phenoxy) is 1. The van der Waals surface area contributed by atoms with Crippen LogP contribution in [-0.2, 0) is 0 Å². The zero-order valence-electron chi connectivity index (χ0n) is 10.7. The lowest BCUT2D eigenvalue weighted by Gasteiger charge is -2.09. The summed E-state index contributed by atoms with van der Waals surface area (Å²) >= 11 is 0. The summed E-state index contributed by atoms with van der Waals surface area (Å²) in [5.41, 5.74) is 1.72. The first-order valence-corrected chi connectivity index (χ1v) is 6.00. The summed E-state index contributed by atoms with van der Waals surface area (Å²) in [5.74, 6) is 0.218. The maximum atomic E-state index is 13.4. The molecular formula is C15H11FN2O2. The second-order valence-electron chi connectivity index (χ2n) is 4.31. The Balaban J connectivity index is 2.25. The van der Waals surface area contributed by atoms with Crippen molar-refractivity contribution in [2.75, 3.05) is 7.11 Å². The maximum Gasteiger partial charge on any atom is 0.258 e. The zero-order valence-corrected chi connectivity index (χ0v) is 10.7. The van der Waals surface area contributed by atoms with Crippen LogP contribution in [0.3, 0.4) is 0 Å². The summed E-state index contributed by atoms with van der Waals surface area (Å²) < 4.78 is 18.7. The molecule has 4 nitrogen and oxygen atoms in total. The van der Waals surface area contributed by atoms with Crippen LogP contribution in [0, 0.1) is 5.82 Å². The van der Waals surface area contributed by atoms with E-state index in [1.807, 2.05) is 0 Å². The number of nitrogens with one attached hydrogen (secondary N) is 1. The first kappa shape index (κ1) is 12.3. The minimum absolute atomic E-state index is 0.201. The quantitative estimate of drug-likeness (QED) is 0.779. The van der Waals surface area contributed by atoms with Crippen molar-refractivity contribution in [2.45, 2.75) is 0 Å². The van der Waals surface area contributed by atoms with E-state index in [9.17, 15) is 9.18 Å². The molecule has 5 heteroatoms. The van der Waals surface area contributed by atoms with Crippen LogP contribution in [0.1, 0.15) is 0 Å². The second-order valence-corrected chi connectivity index (χ2v) is 4.31.